The van der Waals surface area contributed by atoms with Crippen molar-refractivity contribution in [2.24, 2.45) is 0 Å². The first kappa shape index (κ1) is 22.2. The number of piperazine rings is 1. The number of aromatic amines is 1. The third kappa shape index (κ3) is 3.66. The van der Waals surface area contributed by atoms with E-state index in [1.807, 2.05) is 6.07 Å². The third-order valence-corrected chi connectivity index (χ3v) is 6.79. The van der Waals surface area contributed by atoms with Crippen LogP contribution in [-0.2, 0) is 11.3 Å². The number of hydrogen-bond acceptors (Lipinski definition) is 7. The predicted molar refractivity (Wildman–Crippen MR) is 125 cm³/mol. The highest BCUT2D eigenvalue weighted by molar-refractivity contribution is 6.22. The van der Waals surface area contributed by atoms with Gasteiger partial charge in [0.05, 0.1) is 23.2 Å². The van der Waals surface area contributed by atoms with Gasteiger partial charge in [-0.3, -0.25) is 29.7 Å². The SMILES string of the molecule is O=C1CCN(N2C(=O)c3ccc(CN4CCN(c5n[nH]c6cc(F)ccc56)CC4)cc3C2=O)C(=O)N1. The monoisotopic (exact) mass is 491 g/mol. The van der Waals surface area contributed by atoms with E-state index in [2.05, 4.69) is 25.3 Å². The molecule has 2 fully saturated rings. The summed E-state index contributed by atoms with van der Waals surface area (Å²) < 4.78 is 13.5. The van der Waals surface area contributed by atoms with E-state index in [1.165, 1.54) is 12.1 Å². The second-order valence-electron chi connectivity index (χ2n) is 9.03. The summed E-state index contributed by atoms with van der Waals surface area (Å²) >= 11 is 0. The average molecular weight is 491 g/mol. The van der Waals surface area contributed by atoms with Gasteiger partial charge < -0.3 is 4.90 Å². The summed E-state index contributed by atoms with van der Waals surface area (Å²) in [6.45, 7) is 3.54. The molecule has 0 spiro atoms. The molecular weight excluding hydrogens is 469 g/mol. The van der Waals surface area contributed by atoms with E-state index >= 15 is 0 Å². The minimum Gasteiger partial charge on any atom is -0.352 e. The normalized spacial score (nSPS) is 18.9. The Morgan fingerprint density at radius 3 is 2.44 bits per heavy atom. The Labute approximate surface area is 204 Å². The van der Waals surface area contributed by atoms with Gasteiger partial charge in [-0.15, -0.1) is 0 Å². The molecule has 1 aromatic heterocycles. The van der Waals surface area contributed by atoms with Crippen LogP contribution >= 0.6 is 0 Å². The second kappa shape index (κ2) is 8.41. The highest BCUT2D eigenvalue weighted by Gasteiger charge is 2.43. The average Bonchev–Trinajstić information content (AvgIpc) is 3.38. The van der Waals surface area contributed by atoms with Crippen LogP contribution in [0.4, 0.5) is 15.0 Å². The lowest BCUT2D eigenvalue weighted by Crippen LogP contribution is -2.58. The van der Waals surface area contributed by atoms with Crippen molar-refractivity contribution in [1.82, 2.24) is 30.4 Å². The number of hydrogen-bond donors (Lipinski definition) is 2. The Bertz CT molecular complexity index is 1430. The van der Waals surface area contributed by atoms with Crippen molar-refractivity contribution in [1.29, 1.82) is 0 Å². The predicted octanol–water partition coefficient (Wildman–Crippen LogP) is 1.48. The molecule has 0 saturated carbocycles. The second-order valence-corrected chi connectivity index (χ2v) is 9.03. The Hall–Kier alpha value is -4.32. The quantitative estimate of drug-likeness (QED) is 0.530. The van der Waals surface area contributed by atoms with Crippen molar-refractivity contribution >= 4 is 40.5 Å². The van der Waals surface area contributed by atoms with Crippen molar-refractivity contribution in [2.45, 2.75) is 13.0 Å². The first-order valence-corrected chi connectivity index (χ1v) is 11.6. The van der Waals surface area contributed by atoms with E-state index in [0.29, 0.717) is 12.1 Å². The fourth-order valence-electron chi connectivity index (χ4n) is 4.93. The molecule has 2 aromatic carbocycles. The molecule has 3 aromatic rings. The number of anilines is 1. The van der Waals surface area contributed by atoms with Crippen LogP contribution in [-0.4, -0.2) is 81.6 Å². The van der Waals surface area contributed by atoms with Gasteiger partial charge in [-0.2, -0.15) is 10.1 Å². The molecular formula is C24H22FN7O4. The van der Waals surface area contributed by atoms with E-state index in [0.717, 1.165) is 53.0 Å². The van der Waals surface area contributed by atoms with Gasteiger partial charge in [0.2, 0.25) is 5.91 Å². The molecule has 4 heterocycles. The maximum absolute atomic E-state index is 13.5. The molecule has 3 aliphatic rings. The van der Waals surface area contributed by atoms with Gasteiger partial charge in [0.1, 0.15) is 5.82 Å². The number of urea groups is 1. The molecule has 0 bridgehead atoms. The Morgan fingerprint density at radius 1 is 0.889 bits per heavy atom. The van der Waals surface area contributed by atoms with Gasteiger partial charge in [0.25, 0.3) is 11.8 Å². The van der Waals surface area contributed by atoms with Crippen LogP contribution in [0.3, 0.4) is 0 Å². The van der Waals surface area contributed by atoms with Crippen LogP contribution in [0.1, 0.15) is 32.7 Å². The van der Waals surface area contributed by atoms with Gasteiger partial charge in [0.15, 0.2) is 5.82 Å². The van der Waals surface area contributed by atoms with E-state index < -0.39 is 23.8 Å². The zero-order valence-corrected chi connectivity index (χ0v) is 19.2. The first-order chi connectivity index (χ1) is 17.4. The molecule has 2 saturated heterocycles. The standard InChI is InChI=1S/C24H22FN7O4/c25-15-2-4-17-19(12-15)27-28-21(17)30-9-7-29(8-10-30)13-14-1-3-16-18(11-14)23(35)32(22(16)34)31-6-5-20(33)26-24(31)36/h1-4,11-12H,5-10,13H2,(H,27,28)(H,26,33,36). The van der Waals surface area contributed by atoms with Crippen LogP contribution in [0.5, 0.6) is 0 Å². The summed E-state index contributed by atoms with van der Waals surface area (Å²) in [5, 5.41) is 12.1. The Balaban J connectivity index is 1.13. The van der Waals surface area contributed by atoms with E-state index in [1.54, 1.807) is 18.2 Å². The fraction of sp³-hybridized carbons (Fsp3) is 0.292. The molecule has 2 N–H and O–H groups in total. The topological polar surface area (TPSA) is 122 Å². The molecule has 0 unspecified atom stereocenters. The van der Waals surface area contributed by atoms with Crippen molar-refractivity contribution in [3.05, 3.63) is 58.9 Å². The summed E-state index contributed by atoms with van der Waals surface area (Å²) in [6.07, 6.45) is 0.0152. The van der Waals surface area contributed by atoms with Crippen LogP contribution in [0, 0.1) is 5.82 Å². The lowest BCUT2D eigenvalue weighted by molar-refractivity contribution is -0.122. The van der Waals surface area contributed by atoms with E-state index in [9.17, 15) is 23.6 Å². The number of carbonyl (C=O) groups is 4. The number of rotatable bonds is 4. The summed E-state index contributed by atoms with van der Waals surface area (Å²) in [6, 6.07) is 8.93. The van der Waals surface area contributed by atoms with Crippen LogP contribution in [0.15, 0.2) is 36.4 Å². The lowest BCUT2D eigenvalue weighted by atomic mass is 10.1. The molecule has 36 heavy (non-hydrogen) atoms. The van der Waals surface area contributed by atoms with Crippen molar-refractivity contribution in [3.63, 3.8) is 0 Å². The van der Waals surface area contributed by atoms with Gasteiger partial charge in [0, 0.05) is 44.5 Å². The highest BCUT2D eigenvalue weighted by Crippen LogP contribution is 2.28. The number of amides is 5. The largest absolute Gasteiger partial charge is 0.352 e. The van der Waals surface area contributed by atoms with Crippen LogP contribution in [0.2, 0.25) is 0 Å². The highest BCUT2D eigenvalue weighted by atomic mass is 19.1. The number of halogens is 1. The number of nitrogens with zero attached hydrogens (tertiary/aromatic N) is 5. The van der Waals surface area contributed by atoms with Gasteiger partial charge >= 0.3 is 6.03 Å². The number of nitrogens with one attached hydrogen (secondary N) is 2. The summed E-state index contributed by atoms with van der Waals surface area (Å²) in [5.74, 6) is -1.10. The number of imide groups is 2. The number of fused-ring (bicyclic) bond motifs is 2. The molecule has 0 aliphatic carbocycles. The number of hydrazine groups is 1. The van der Waals surface area contributed by atoms with Crippen molar-refractivity contribution in [3.8, 4) is 0 Å². The van der Waals surface area contributed by atoms with Crippen molar-refractivity contribution in [2.75, 3.05) is 37.6 Å². The molecule has 0 radical (unpaired) electrons. The molecule has 184 valence electrons. The van der Waals surface area contributed by atoms with Crippen molar-refractivity contribution < 1.29 is 23.6 Å². The summed E-state index contributed by atoms with van der Waals surface area (Å²) in [4.78, 5) is 53.9. The Morgan fingerprint density at radius 2 is 1.67 bits per heavy atom. The van der Waals surface area contributed by atoms with E-state index in [4.69, 9.17) is 0 Å². The molecule has 5 amide bonds. The van der Waals surface area contributed by atoms with E-state index in [-0.39, 0.29) is 29.9 Å². The van der Waals surface area contributed by atoms with Crippen LogP contribution < -0.4 is 10.2 Å². The zero-order chi connectivity index (χ0) is 25.0. The first-order valence-electron chi connectivity index (χ1n) is 11.6. The number of aromatic nitrogens is 2. The summed E-state index contributed by atoms with van der Waals surface area (Å²) in [7, 11) is 0. The smallest absolute Gasteiger partial charge is 0.343 e. The third-order valence-electron chi connectivity index (χ3n) is 6.79. The molecule has 6 rings (SSSR count). The Kier molecular flexibility index (Phi) is 5.18. The number of benzene rings is 2. The lowest BCUT2D eigenvalue weighted by Gasteiger charge is -2.35. The molecule has 12 heteroatoms. The molecule has 11 nitrogen and oxygen atoms in total. The van der Waals surface area contributed by atoms with Gasteiger partial charge in [-0.1, -0.05) is 6.07 Å². The van der Waals surface area contributed by atoms with Gasteiger partial charge in [-0.05, 0) is 35.9 Å². The number of H-pyrrole nitrogens is 1. The fourth-order valence-corrected chi connectivity index (χ4v) is 4.93. The minimum atomic E-state index is -0.784. The zero-order valence-electron chi connectivity index (χ0n) is 19.2. The van der Waals surface area contributed by atoms with Crippen LogP contribution in [0.25, 0.3) is 10.9 Å². The minimum absolute atomic E-state index is 0.0152. The maximum atomic E-state index is 13.5. The summed E-state index contributed by atoms with van der Waals surface area (Å²) in [5.41, 5.74) is 2.02. The molecule has 3 aliphatic heterocycles. The maximum Gasteiger partial charge on any atom is 0.343 e. The molecule has 0 atom stereocenters. The van der Waals surface area contributed by atoms with Gasteiger partial charge in [-0.25, -0.2) is 14.2 Å². The number of carbonyl (C=O) groups excluding carboxylic acids is 4.